The van der Waals surface area contributed by atoms with Gasteiger partial charge in [-0.25, -0.2) is 5.43 Å². The van der Waals surface area contributed by atoms with E-state index >= 15 is 0 Å². The molecule has 146 valence electrons. The van der Waals surface area contributed by atoms with E-state index in [9.17, 15) is 9.59 Å². The minimum absolute atomic E-state index is 0.0496. The summed E-state index contributed by atoms with van der Waals surface area (Å²) in [5.41, 5.74) is 6.76. The molecule has 0 heterocycles. The quantitative estimate of drug-likeness (QED) is 0.595. The van der Waals surface area contributed by atoms with Crippen molar-refractivity contribution in [2.24, 2.45) is 11.0 Å². The highest BCUT2D eigenvalue weighted by molar-refractivity contribution is 6.01. The third kappa shape index (κ3) is 5.06. The lowest BCUT2D eigenvalue weighted by atomic mass is 9.87. The Hall–Kier alpha value is -2.95. The Morgan fingerprint density at radius 2 is 1.50 bits per heavy atom. The molecule has 0 aromatic heterocycles. The molecule has 0 unspecified atom stereocenters. The molecule has 0 bridgehead atoms. The van der Waals surface area contributed by atoms with Crippen molar-refractivity contribution in [2.75, 3.05) is 5.32 Å². The fraction of sp³-hybridized carbons (Fsp3) is 0.348. The standard InChI is InChI=1S/C23H27N3O2/c1-15(16-9-13-20(14-10-16)24-21(27)17-5-6-17)25-26-22(28)18-7-11-19(12-8-18)23(2,3)4/h7-14,17H,5-6H2,1-4H3,(H,24,27)(H,26,28). The van der Waals surface area contributed by atoms with Gasteiger partial charge in [0.05, 0.1) is 5.71 Å². The van der Waals surface area contributed by atoms with Crippen LogP contribution in [0.25, 0.3) is 0 Å². The van der Waals surface area contributed by atoms with E-state index in [1.807, 2.05) is 55.5 Å². The van der Waals surface area contributed by atoms with Gasteiger partial charge in [0.2, 0.25) is 5.91 Å². The average molecular weight is 377 g/mol. The maximum atomic E-state index is 12.3. The molecule has 5 heteroatoms. The van der Waals surface area contributed by atoms with Gasteiger partial charge in [-0.1, -0.05) is 45.0 Å². The van der Waals surface area contributed by atoms with Crippen molar-refractivity contribution >= 4 is 23.2 Å². The van der Waals surface area contributed by atoms with Crippen LogP contribution in [0.2, 0.25) is 0 Å². The number of benzene rings is 2. The Kier molecular flexibility index (Phi) is 5.63. The zero-order chi connectivity index (χ0) is 20.3. The maximum Gasteiger partial charge on any atom is 0.271 e. The Morgan fingerprint density at radius 1 is 0.929 bits per heavy atom. The van der Waals surface area contributed by atoms with Crippen LogP contribution in [-0.2, 0) is 10.2 Å². The highest BCUT2D eigenvalue weighted by Gasteiger charge is 2.29. The summed E-state index contributed by atoms with van der Waals surface area (Å²) in [6, 6.07) is 15.0. The molecule has 0 spiro atoms. The van der Waals surface area contributed by atoms with E-state index in [-0.39, 0.29) is 23.1 Å². The molecule has 28 heavy (non-hydrogen) atoms. The van der Waals surface area contributed by atoms with Crippen molar-refractivity contribution in [3.8, 4) is 0 Å². The normalized spacial score (nSPS) is 14.5. The summed E-state index contributed by atoms with van der Waals surface area (Å²) < 4.78 is 0. The molecule has 2 N–H and O–H groups in total. The number of hydrogen-bond acceptors (Lipinski definition) is 3. The lowest BCUT2D eigenvalue weighted by Crippen LogP contribution is -2.20. The molecule has 0 aliphatic heterocycles. The first-order valence-electron chi connectivity index (χ1n) is 9.60. The van der Waals surface area contributed by atoms with Crippen LogP contribution in [0.1, 0.15) is 62.0 Å². The Labute approximate surface area is 166 Å². The second-order valence-electron chi connectivity index (χ2n) is 8.31. The highest BCUT2D eigenvalue weighted by Crippen LogP contribution is 2.30. The Balaban J connectivity index is 1.60. The third-order valence-electron chi connectivity index (χ3n) is 4.86. The number of nitrogens with one attached hydrogen (secondary N) is 2. The second kappa shape index (κ2) is 7.97. The van der Waals surface area contributed by atoms with Gasteiger partial charge < -0.3 is 5.32 Å². The second-order valence-corrected chi connectivity index (χ2v) is 8.31. The number of anilines is 1. The largest absolute Gasteiger partial charge is 0.326 e. The van der Waals surface area contributed by atoms with Crippen LogP contribution in [0.5, 0.6) is 0 Å². The number of carbonyl (C=O) groups is 2. The Morgan fingerprint density at radius 3 is 2.04 bits per heavy atom. The first-order chi connectivity index (χ1) is 13.2. The van der Waals surface area contributed by atoms with Crippen LogP contribution in [0.4, 0.5) is 5.69 Å². The molecule has 5 nitrogen and oxygen atoms in total. The number of amides is 2. The van der Waals surface area contributed by atoms with Gasteiger partial charge in [0.1, 0.15) is 0 Å². The van der Waals surface area contributed by atoms with E-state index in [0.717, 1.165) is 24.1 Å². The zero-order valence-electron chi connectivity index (χ0n) is 16.9. The molecular weight excluding hydrogens is 350 g/mol. The van der Waals surface area contributed by atoms with Gasteiger partial charge in [-0.05, 0) is 60.6 Å². The van der Waals surface area contributed by atoms with Crippen molar-refractivity contribution in [1.82, 2.24) is 5.43 Å². The minimum atomic E-state index is -0.242. The molecule has 1 aliphatic carbocycles. The van der Waals surface area contributed by atoms with Crippen molar-refractivity contribution < 1.29 is 9.59 Å². The van der Waals surface area contributed by atoms with E-state index in [1.165, 1.54) is 5.56 Å². The molecule has 2 aromatic rings. The van der Waals surface area contributed by atoms with Crippen LogP contribution in [0.3, 0.4) is 0 Å². The molecule has 0 saturated heterocycles. The molecule has 0 atom stereocenters. The van der Waals surface area contributed by atoms with Gasteiger partial charge in [-0.15, -0.1) is 0 Å². The fourth-order valence-electron chi connectivity index (χ4n) is 2.77. The third-order valence-corrected chi connectivity index (χ3v) is 4.86. The van der Waals surface area contributed by atoms with Crippen molar-refractivity contribution in [1.29, 1.82) is 0 Å². The molecule has 1 saturated carbocycles. The van der Waals surface area contributed by atoms with E-state index in [1.54, 1.807) is 0 Å². The fourth-order valence-corrected chi connectivity index (χ4v) is 2.77. The number of hydrogen-bond donors (Lipinski definition) is 2. The van der Waals surface area contributed by atoms with Crippen molar-refractivity contribution in [3.63, 3.8) is 0 Å². The number of rotatable bonds is 5. The Bertz CT molecular complexity index is 887. The lowest BCUT2D eigenvalue weighted by Gasteiger charge is -2.18. The van der Waals surface area contributed by atoms with Crippen molar-refractivity contribution in [3.05, 3.63) is 65.2 Å². The van der Waals surface area contributed by atoms with E-state index < -0.39 is 0 Å². The molecule has 1 aliphatic rings. The summed E-state index contributed by atoms with van der Waals surface area (Å²) in [5.74, 6) is 0.0201. The molecule has 2 amide bonds. The topological polar surface area (TPSA) is 70.6 Å². The predicted molar refractivity (Wildman–Crippen MR) is 113 cm³/mol. The summed E-state index contributed by atoms with van der Waals surface area (Å²) in [4.78, 5) is 24.1. The molecule has 2 aromatic carbocycles. The first-order valence-corrected chi connectivity index (χ1v) is 9.60. The van der Waals surface area contributed by atoms with Crippen LogP contribution in [-0.4, -0.2) is 17.5 Å². The smallest absolute Gasteiger partial charge is 0.271 e. The lowest BCUT2D eigenvalue weighted by molar-refractivity contribution is -0.117. The summed E-state index contributed by atoms with van der Waals surface area (Å²) in [6.45, 7) is 8.25. The van der Waals surface area contributed by atoms with Crippen molar-refractivity contribution in [2.45, 2.75) is 46.0 Å². The summed E-state index contributed by atoms with van der Waals surface area (Å²) in [7, 11) is 0. The van der Waals surface area contributed by atoms with Gasteiger partial charge in [0.15, 0.2) is 0 Å². The summed E-state index contributed by atoms with van der Waals surface area (Å²) in [5, 5.41) is 7.11. The van der Waals surface area contributed by atoms with E-state index in [0.29, 0.717) is 11.3 Å². The number of hydrazone groups is 1. The summed E-state index contributed by atoms with van der Waals surface area (Å²) in [6.07, 6.45) is 1.96. The molecular formula is C23H27N3O2. The first kappa shape index (κ1) is 19.8. The molecule has 3 rings (SSSR count). The molecule has 0 radical (unpaired) electrons. The summed E-state index contributed by atoms with van der Waals surface area (Å²) >= 11 is 0. The molecule has 1 fully saturated rings. The highest BCUT2D eigenvalue weighted by atomic mass is 16.2. The SMILES string of the molecule is CC(=NNC(=O)c1ccc(C(C)(C)C)cc1)c1ccc(NC(=O)C2CC2)cc1. The van der Waals surface area contributed by atoms with Gasteiger partial charge >= 0.3 is 0 Å². The predicted octanol–water partition coefficient (Wildman–Crippen LogP) is 4.49. The van der Waals surface area contributed by atoms with Crippen LogP contribution >= 0.6 is 0 Å². The van der Waals surface area contributed by atoms with Crippen LogP contribution < -0.4 is 10.7 Å². The van der Waals surface area contributed by atoms with Crippen LogP contribution in [0, 0.1) is 5.92 Å². The van der Waals surface area contributed by atoms with Gasteiger partial charge in [0.25, 0.3) is 5.91 Å². The van der Waals surface area contributed by atoms with Gasteiger partial charge in [-0.3, -0.25) is 9.59 Å². The van der Waals surface area contributed by atoms with E-state index in [2.05, 4.69) is 36.6 Å². The van der Waals surface area contributed by atoms with E-state index in [4.69, 9.17) is 0 Å². The number of carbonyl (C=O) groups excluding carboxylic acids is 2. The monoisotopic (exact) mass is 377 g/mol. The maximum absolute atomic E-state index is 12.3. The average Bonchev–Trinajstić information content (AvgIpc) is 3.51. The van der Waals surface area contributed by atoms with Gasteiger partial charge in [-0.2, -0.15) is 5.10 Å². The zero-order valence-corrected chi connectivity index (χ0v) is 16.9. The minimum Gasteiger partial charge on any atom is -0.326 e. The van der Waals surface area contributed by atoms with Gasteiger partial charge in [0, 0.05) is 17.2 Å². The van der Waals surface area contributed by atoms with Crippen LogP contribution in [0.15, 0.2) is 53.6 Å². The number of nitrogens with zero attached hydrogens (tertiary/aromatic N) is 1.